The second-order valence-corrected chi connectivity index (χ2v) is 3.67. The Labute approximate surface area is 106 Å². The topological polar surface area (TPSA) is 84.9 Å². The summed E-state index contributed by atoms with van der Waals surface area (Å²) >= 11 is 0. The minimum absolute atomic E-state index is 0. The molecule has 17 heavy (non-hydrogen) atoms. The van der Waals surface area contributed by atoms with Gasteiger partial charge in [0.25, 0.3) is 0 Å². The highest BCUT2D eigenvalue weighted by atomic mass is 35.5. The van der Waals surface area contributed by atoms with Gasteiger partial charge in [0.1, 0.15) is 12.7 Å². The molecule has 1 aromatic carbocycles. The smallest absolute Gasteiger partial charge is 0.162 e. The molecule has 0 radical (unpaired) electrons. The van der Waals surface area contributed by atoms with E-state index in [4.69, 9.17) is 25.4 Å². The minimum Gasteiger partial charge on any atom is -0.486 e. The van der Waals surface area contributed by atoms with Crippen molar-refractivity contribution in [3.05, 3.63) is 23.3 Å². The summed E-state index contributed by atoms with van der Waals surface area (Å²) in [6.07, 6.45) is -0.154. The Bertz CT molecular complexity index is 386. The van der Waals surface area contributed by atoms with Gasteiger partial charge in [0.2, 0.25) is 0 Å². The van der Waals surface area contributed by atoms with Gasteiger partial charge in [-0.25, -0.2) is 0 Å². The van der Waals surface area contributed by atoms with Gasteiger partial charge in [-0.2, -0.15) is 0 Å². The fraction of sp³-hybridized carbons (Fsp3) is 0.455. The molecule has 1 atom stereocenters. The molecular formula is C11H16ClNO4. The van der Waals surface area contributed by atoms with Crippen LogP contribution in [0.1, 0.15) is 11.1 Å². The van der Waals surface area contributed by atoms with E-state index < -0.39 is 0 Å². The molecule has 6 heteroatoms. The van der Waals surface area contributed by atoms with Gasteiger partial charge in [0.15, 0.2) is 11.5 Å². The summed E-state index contributed by atoms with van der Waals surface area (Å²) in [5.41, 5.74) is 6.78. The number of aliphatic hydroxyl groups excluding tert-OH is 2. The second-order valence-electron chi connectivity index (χ2n) is 3.67. The van der Waals surface area contributed by atoms with Crippen LogP contribution in [0, 0.1) is 0 Å². The number of fused-ring (bicyclic) bond motifs is 1. The minimum atomic E-state index is -0.154. The number of hydrogen-bond donors (Lipinski definition) is 3. The first kappa shape index (κ1) is 14.1. The van der Waals surface area contributed by atoms with Gasteiger partial charge in [-0.3, -0.25) is 0 Å². The zero-order valence-electron chi connectivity index (χ0n) is 9.26. The van der Waals surface area contributed by atoms with Gasteiger partial charge in [0, 0.05) is 6.54 Å². The van der Waals surface area contributed by atoms with Crippen LogP contribution >= 0.6 is 12.4 Å². The molecule has 2 rings (SSSR count). The van der Waals surface area contributed by atoms with E-state index in [9.17, 15) is 0 Å². The maximum absolute atomic E-state index is 9.14. The van der Waals surface area contributed by atoms with Crippen LogP contribution in [0.5, 0.6) is 11.5 Å². The normalized spacial score (nSPS) is 17.5. The molecule has 1 unspecified atom stereocenters. The molecule has 0 amide bonds. The lowest BCUT2D eigenvalue weighted by atomic mass is 10.1. The van der Waals surface area contributed by atoms with Crippen molar-refractivity contribution in [1.29, 1.82) is 0 Å². The molecule has 0 fully saturated rings. The van der Waals surface area contributed by atoms with E-state index in [0.29, 0.717) is 35.8 Å². The van der Waals surface area contributed by atoms with E-state index in [0.717, 1.165) is 0 Å². The second kappa shape index (κ2) is 6.07. The molecule has 5 nitrogen and oxygen atoms in total. The first-order valence-electron chi connectivity index (χ1n) is 5.15. The van der Waals surface area contributed by atoms with Gasteiger partial charge >= 0.3 is 0 Å². The fourth-order valence-electron chi connectivity index (χ4n) is 1.66. The highest BCUT2D eigenvalue weighted by Crippen LogP contribution is 2.34. The monoisotopic (exact) mass is 261 g/mol. The van der Waals surface area contributed by atoms with Crippen molar-refractivity contribution < 1.29 is 19.7 Å². The number of halogens is 1. The predicted molar refractivity (Wildman–Crippen MR) is 64.5 cm³/mol. The third kappa shape index (κ3) is 2.81. The van der Waals surface area contributed by atoms with Crippen LogP contribution in [0.15, 0.2) is 12.1 Å². The molecule has 1 heterocycles. The number of ether oxygens (including phenoxy) is 2. The molecule has 0 aliphatic carbocycles. The first-order chi connectivity index (χ1) is 7.78. The summed E-state index contributed by atoms with van der Waals surface area (Å²) in [7, 11) is 0. The summed E-state index contributed by atoms with van der Waals surface area (Å²) in [5, 5.41) is 18.3. The Balaban J connectivity index is 0.00000144. The molecule has 1 aliphatic heterocycles. The van der Waals surface area contributed by atoms with E-state index >= 15 is 0 Å². The highest BCUT2D eigenvalue weighted by molar-refractivity contribution is 5.85. The number of rotatable bonds is 3. The average molecular weight is 262 g/mol. The van der Waals surface area contributed by atoms with Crippen LogP contribution in [0.25, 0.3) is 0 Å². The summed E-state index contributed by atoms with van der Waals surface area (Å²) < 4.78 is 11.1. The predicted octanol–water partition coefficient (Wildman–Crippen LogP) is 0.191. The maximum Gasteiger partial charge on any atom is 0.162 e. The zero-order chi connectivity index (χ0) is 11.5. The fourth-order valence-corrected chi connectivity index (χ4v) is 1.66. The van der Waals surface area contributed by atoms with Crippen molar-refractivity contribution >= 4 is 12.4 Å². The van der Waals surface area contributed by atoms with Crippen LogP contribution in [-0.4, -0.2) is 29.5 Å². The van der Waals surface area contributed by atoms with Gasteiger partial charge < -0.3 is 25.4 Å². The molecule has 1 aromatic rings. The largest absolute Gasteiger partial charge is 0.486 e. The summed E-state index contributed by atoms with van der Waals surface area (Å²) in [5.74, 6) is 1.16. The third-order valence-corrected chi connectivity index (χ3v) is 2.59. The molecule has 4 N–H and O–H groups in total. The summed E-state index contributed by atoms with van der Waals surface area (Å²) in [6.45, 7) is 0.523. The molecule has 0 saturated heterocycles. The molecule has 0 bridgehead atoms. The van der Waals surface area contributed by atoms with E-state index in [-0.39, 0.29) is 31.7 Å². The first-order valence-corrected chi connectivity index (χ1v) is 5.15. The highest BCUT2D eigenvalue weighted by Gasteiger charge is 2.21. The van der Waals surface area contributed by atoms with Crippen molar-refractivity contribution in [2.24, 2.45) is 5.73 Å². The van der Waals surface area contributed by atoms with Gasteiger partial charge in [0.05, 0.1) is 13.2 Å². The molecule has 0 saturated carbocycles. The SMILES string of the molecule is Cl.NCC1COc2cc(CO)c(CO)cc2O1. The Morgan fingerprint density at radius 2 is 1.76 bits per heavy atom. The van der Waals surface area contributed by atoms with Crippen molar-refractivity contribution in [3.8, 4) is 11.5 Å². The Morgan fingerprint density at radius 1 is 1.18 bits per heavy atom. The van der Waals surface area contributed by atoms with Crippen LogP contribution in [0.3, 0.4) is 0 Å². The van der Waals surface area contributed by atoms with Crippen LogP contribution in [0.4, 0.5) is 0 Å². The van der Waals surface area contributed by atoms with Crippen molar-refractivity contribution in [3.63, 3.8) is 0 Å². The molecule has 96 valence electrons. The Morgan fingerprint density at radius 3 is 2.29 bits per heavy atom. The van der Waals surface area contributed by atoms with E-state index in [2.05, 4.69) is 0 Å². The van der Waals surface area contributed by atoms with Gasteiger partial charge in [-0.1, -0.05) is 0 Å². The number of nitrogens with two attached hydrogens (primary N) is 1. The zero-order valence-corrected chi connectivity index (χ0v) is 10.1. The number of benzene rings is 1. The molecule has 1 aliphatic rings. The van der Waals surface area contributed by atoms with E-state index in [1.165, 1.54) is 0 Å². The number of hydrogen-bond acceptors (Lipinski definition) is 5. The van der Waals surface area contributed by atoms with Crippen LogP contribution in [-0.2, 0) is 13.2 Å². The Hall–Kier alpha value is -1.01. The molecular weight excluding hydrogens is 246 g/mol. The third-order valence-electron chi connectivity index (χ3n) is 2.59. The quantitative estimate of drug-likeness (QED) is 0.723. The molecule has 0 spiro atoms. The van der Waals surface area contributed by atoms with Crippen molar-refractivity contribution in [2.45, 2.75) is 19.3 Å². The van der Waals surface area contributed by atoms with E-state index in [1.807, 2.05) is 0 Å². The van der Waals surface area contributed by atoms with Crippen molar-refractivity contribution in [1.82, 2.24) is 0 Å². The standard InChI is InChI=1S/C11H15NO4.ClH/c12-3-9-6-15-10-1-7(4-13)8(5-14)2-11(10)16-9;/h1-2,9,13-14H,3-6,12H2;1H. The maximum atomic E-state index is 9.14. The summed E-state index contributed by atoms with van der Waals surface area (Å²) in [4.78, 5) is 0. The molecule has 0 aromatic heterocycles. The van der Waals surface area contributed by atoms with Crippen molar-refractivity contribution in [2.75, 3.05) is 13.2 Å². The van der Waals surface area contributed by atoms with Gasteiger partial charge in [-0.05, 0) is 23.3 Å². The lowest BCUT2D eigenvalue weighted by molar-refractivity contribution is 0.0960. The number of aliphatic hydroxyl groups is 2. The lowest BCUT2D eigenvalue weighted by Crippen LogP contribution is -2.35. The van der Waals surface area contributed by atoms with Crippen LogP contribution in [0.2, 0.25) is 0 Å². The average Bonchev–Trinajstić information content (AvgIpc) is 2.36. The van der Waals surface area contributed by atoms with E-state index in [1.54, 1.807) is 12.1 Å². The van der Waals surface area contributed by atoms with Crippen LogP contribution < -0.4 is 15.2 Å². The Kier molecular flexibility index (Phi) is 5.02. The summed E-state index contributed by atoms with van der Waals surface area (Å²) in [6, 6.07) is 3.37. The van der Waals surface area contributed by atoms with Gasteiger partial charge in [-0.15, -0.1) is 12.4 Å². The lowest BCUT2D eigenvalue weighted by Gasteiger charge is -2.26.